The van der Waals surface area contributed by atoms with Gasteiger partial charge in [-0.3, -0.25) is 20.2 Å². The first-order valence-electron chi connectivity index (χ1n) is 26.0. The minimum absolute atomic E-state index is 0.00742. The Kier molecular flexibility index (Phi) is 17.9. The average molecular weight is 1130 g/mol. The molecule has 6 amide bonds. The highest BCUT2D eigenvalue weighted by Gasteiger charge is 2.57. The van der Waals surface area contributed by atoms with E-state index in [0.717, 1.165) is 22.5 Å². The van der Waals surface area contributed by atoms with Crippen molar-refractivity contribution in [2.75, 3.05) is 25.0 Å². The van der Waals surface area contributed by atoms with E-state index in [1.165, 1.54) is 26.2 Å². The van der Waals surface area contributed by atoms with Gasteiger partial charge in [0.25, 0.3) is 5.91 Å². The molecule has 1 aliphatic carbocycles. The van der Waals surface area contributed by atoms with E-state index < -0.39 is 94.1 Å². The first-order chi connectivity index (χ1) is 37.4. The highest BCUT2D eigenvalue weighted by atomic mass is 32.1. The normalized spacial score (nSPS) is 17.4. The van der Waals surface area contributed by atoms with Crippen LogP contribution in [0.4, 0.5) is 24.3 Å². The molecule has 3 aliphatic rings. The molecule has 0 bridgehead atoms. The van der Waals surface area contributed by atoms with E-state index in [9.17, 15) is 33.6 Å². The lowest BCUT2D eigenvalue weighted by atomic mass is 9.98. The molecule has 25 nitrogen and oxygen atoms in total. The van der Waals surface area contributed by atoms with Crippen LogP contribution in [0.3, 0.4) is 0 Å². The number of aliphatic imine (C=N–C) groups is 1. The molecule has 3 fully saturated rings. The number of hydrogen-bond acceptors (Lipinski definition) is 19. The number of nitrogens with one attached hydrogen (secondary N) is 4. The summed E-state index contributed by atoms with van der Waals surface area (Å²) >= 11 is 0.967. The number of likely N-dealkylation sites (tertiary alicyclic amines) is 1. The highest BCUT2D eigenvalue weighted by Crippen LogP contribution is 2.43. The third-order valence-corrected chi connectivity index (χ3v) is 12.3. The fourth-order valence-corrected chi connectivity index (χ4v) is 8.46. The Labute approximate surface area is 467 Å². The van der Waals surface area contributed by atoms with Crippen molar-refractivity contribution in [1.29, 1.82) is 0 Å². The molecule has 4 heterocycles. The lowest BCUT2D eigenvalue weighted by Crippen LogP contribution is -2.70. The number of thiazole rings is 1. The Morgan fingerprint density at radius 2 is 1.40 bits per heavy atom. The maximum Gasteiger partial charge on any atom is 0.417 e. The summed E-state index contributed by atoms with van der Waals surface area (Å²) in [4.78, 5) is 113. The molecule has 0 radical (unpaired) electrons. The number of β-lactam (4-membered cyclic amide) rings is 1. The third kappa shape index (κ3) is 16.9. The van der Waals surface area contributed by atoms with Gasteiger partial charge < -0.3 is 44.1 Å². The number of nitrogens with zero attached hydrogens (tertiary/aromatic N) is 8. The molecule has 2 atom stereocenters. The number of amides is 6. The molecule has 26 heteroatoms. The number of benzene rings is 2. The van der Waals surface area contributed by atoms with Crippen molar-refractivity contribution in [2.24, 2.45) is 16.1 Å². The van der Waals surface area contributed by atoms with E-state index >= 15 is 0 Å². The maximum atomic E-state index is 14.3. The summed E-state index contributed by atoms with van der Waals surface area (Å²) in [7, 11) is 0. The lowest BCUT2D eigenvalue weighted by Gasteiger charge is -2.41. The predicted octanol–water partition coefficient (Wildman–Crippen LogP) is 6.84. The third-order valence-electron chi connectivity index (χ3n) is 11.6. The number of aromatic nitrogens is 4. The zero-order valence-corrected chi connectivity index (χ0v) is 47.8. The summed E-state index contributed by atoms with van der Waals surface area (Å²) in [5, 5.41) is 25.2. The van der Waals surface area contributed by atoms with Gasteiger partial charge in [0.15, 0.2) is 16.9 Å². The number of anilines is 1. The van der Waals surface area contributed by atoms with E-state index in [-0.39, 0.29) is 74.0 Å². The van der Waals surface area contributed by atoms with Crippen molar-refractivity contribution in [3.8, 4) is 0 Å². The molecule has 1 saturated carbocycles. The van der Waals surface area contributed by atoms with Crippen LogP contribution in [-0.4, -0.2) is 143 Å². The molecule has 4 N–H and O–H groups in total. The number of guanidine groups is 1. The van der Waals surface area contributed by atoms with Gasteiger partial charge in [-0.2, -0.15) is 15.0 Å². The van der Waals surface area contributed by atoms with Crippen LogP contribution in [0.1, 0.15) is 125 Å². The van der Waals surface area contributed by atoms with Crippen LogP contribution in [0, 0.1) is 5.92 Å². The summed E-state index contributed by atoms with van der Waals surface area (Å²) < 4.78 is 28.2. The van der Waals surface area contributed by atoms with Crippen molar-refractivity contribution in [3.05, 3.63) is 94.8 Å². The first-order valence-corrected chi connectivity index (χ1v) is 26.9. The van der Waals surface area contributed by atoms with Gasteiger partial charge in [-0.25, -0.2) is 38.8 Å². The van der Waals surface area contributed by atoms with Crippen molar-refractivity contribution < 1.29 is 62.1 Å². The van der Waals surface area contributed by atoms with Gasteiger partial charge in [-0.15, -0.1) is 11.3 Å². The Balaban J connectivity index is 1.08. The van der Waals surface area contributed by atoms with Crippen LogP contribution in [0.5, 0.6) is 0 Å². The minimum Gasteiger partial charge on any atom is -0.450 e. The fourth-order valence-electron chi connectivity index (χ4n) is 7.78. The maximum absolute atomic E-state index is 14.3. The molecular formula is C54H70N12O13S. The number of ether oxygens (including phenoxy) is 5. The van der Waals surface area contributed by atoms with E-state index in [2.05, 4.69) is 46.6 Å². The predicted molar refractivity (Wildman–Crippen MR) is 291 cm³/mol. The van der Waals surface area contributed by atoms with E-state index in [4.69, 9.17) is 28.5 Å². The molecule has 2 aliphatic heterocycles. The molecular weight excluding hydrogens is 1060 g/mol. The van der Waals surface area contributed by atoms with Crippen LogP contribution in [0.2, 0.25) is 0 Å². The van der Waals surface area contributed by atoms with Crippen molar-refractivity contribution in [2.45, 2.75) is 155 Å². The summed E-state index contributed by atoms with van der Waals surface area (Å²) in [6, 6.07) is 16.5. The lowest BCUT2D eigenvalue weighted by molar-refractivity contribution is -0.164. The Hall–Kier alpha value is -8.16. The zero-order chi connectivity index (χ0) is 58.4. The number of carbonyl (C=O) groups excluding carboxylic acids is 7. The number of carbonyl (C=O) groups is 7. The molecule has 430 valence electrons. The van der Waals surface area contributed by atoms with Crippen molar-refractivity contribution in [1.82, 2.24) is 45.7 Å². The quantitative estimate of drug-likeness (QED) is 0.0223. The highest BCUT2D eigenvalue weighted by molar-refractivity contribution is 7.14. The first kappa shape index (κ1) is 59.5. The van der Waals surface area contributed by atoms with Gasteiger partial charge in [0.2, 0.25) is 17.5 Å². The van der Waals surface area contributed by atoms with Gasteiger partial charge in [-0.1, -0.05) is 65.8 Å². The smallest absolute Gasteiger partial charge is 0.417 e. The summed E-state index contributed by atoms with van der Waals surface area (Å²) in [6.45, 7) is 20.7. The summed E-state index contributed by atoms with van der Waals surface area (Å²) in [5.74, 6) is -2.61. The van der Waals surface area contributed by atoms with Gasteiger partial charge in [0.05, 0.1) is 25.3 Å². The molecule has 2 saturated heterocycles. The minimum atomic E-state index is -1.55. The molecule has 4 aromatic rings. The Bertz CT molecular complexity index is 2920. The van der Waals surface area contributed by atoms with Gasteiger partial charge in [0, 0.05) is 43.8 Å². The Morgan fingerprint density at radius 3 is 1.96 bits per heavy atom. The fraction of sp³-hybridized carbons (Fsp3) is 0.519. The monoisotopic (exact) mass is 1130 g/mol. The summed E-state index contributed by atoms with van der Waals surface area (Å²) in [6.07, 6.45) is -1.95. The van der Waals surface area contributed by atoms with E-state index in [0.29, 0.717) is 0 Å². The van der Waals surface area contributed by atoms with Crippen LogP contribution >= 0.6 is 11.3 Å². The van der Waals surface area contributed by atoms with Gasteiger partial charge in [-0.05, 0) is 94.2 Å². The van der Waals surface area contributed by atoms with Crippen LogP contribution in [0.25, 0.3) is 0 Å². The second kappa shape index (κ2) is 24.1. The van der Waals surface area contributed by atoms with Crippen LogP contribution in [0.15, 0.2) is 82.4 Å². The number of oxime groups is 1. The molecule has 2 aromatic carbocycles. The topological polar surface area (TPSA) is 298 Å². The number of alkyl carbamates (subject to hydrolysis) is 1. The number of esters is 1. The molecule has 2 aromatic heterocycles. The molecule has 0 spiro atoms. The second-order valence-electron chi connectivity index (χ2n) is 23.4. The van der Waals surface area contributed by atoms with Crippen LogP contribution in [-0.2, 0) is 56.0 Å². The van der Waals surface area contributed by atoms with Gasteiger partial charge in [0.1, 0.15) is 39.8 Å². The summed E-state index contributed by atoms with van der Waals surface area (Å²) in [5.41, 5.74) is -3.67. The van der Waals surface area contributed by atoms with E-state index in [1.54, 1.807) is 83.1 Å². The molecule has 0 unspecified atom stereocenters. The standard InChI is InChI=1S/C54H70N12O13S/c1-50(2,3)75-46(70)60-44(65(49(73)78-53(10,11)12)29-32-27-64(28-32)48(72)77-52(7,8)9)55-25-35-26-56-66(62-35)30-36-38(41(67)57-36)59-42(68)39(37-31-80-45(58-37)61-47(71)76-51(4,5)6)63-79-54(23-24-54)43(69)74-40(33-19-15-13-16-20-33)34-21-17-14-18-22-34/h13-22,26,31-32,36,38,40H,23-25,27-30H2,1-12H3,(H,57,67)(H,59,68)(H,55,60,70)(H,58,61,71)/b63-39+/t36-,38+/m1/s1. The average Bonchev–Trinajstić information content (AvgIpc) is 3.76. The van der Waals surface area contributed by atoms with Gasteiger partial charge >= 0.3 is 30.3 Å². The van der Waals surface area contributed by atoms with E-state index in [1.807, 2.05) is 60.7 Å². The molecule has 7 rings (SSSR count). The van der Waals surface area contributed by atoms with Crippen LogP contribution < -0.4 is 21.3 Å². The molecule has 80 heavy (non-hydrogen) atoms. The number of hydrogen-bond donors (Lipinski definition) is 4. The number of rotatable bonds is 16. The zero-order valence-electron chi connectivity index (χ0n) is 47.0. The van der Waals surface area contributed by atoms with Crippen molar-refractivity contribution in [3.63, 3.8) is 0 Å². The Morgan fingerprint density at radius 1 is 0.812 bits per heavy atom. The largest absolute Gasteiger partial charge is 0.450 e. The van der Waals surface area contributed by atoms with Crippen molar-refractivity contribution >= 4 is 70.3 Å². The second-order valence-corrected chi connectivity index (χ2v) is 24.2. The SMILES string of the molecule is CC(C)(C)OC(=O)NC(=NCc1cnn(C[C@H]2NC(=O)[C@H]2NC(=O)/C(=N/OC2(C(=O)OC(c3ccccc3)c3ccccc3)CC2)c2csc(NC(=O)OC(C)(C)C)n2)n1)N(CC1CN(C(=O)OC(C)(C)C)C1)C(=O)OC(C)(C)C.